The van der Waals surface area contributed by atoms with Crippen molar-refractivity contribution in [3.05, 3.63) is 24.0 Å². The van der Waals surface area contributed by atoms with Crippen LogP contribution < -0.4 is 5.73 Å². The number of hydrogen-bond donors (Lipinski definition) is 1. The standard InChI is InChI=1S/C11H12F4N2O2S/c12-9-4-3-8(5-10(9)16)20(18,19)17(7-1-2-7)6-11(13,14)15/h3-5,7H,1-2,6,16H2. The molecule has 4 nitrogen and oxygen atoms in total. The van der Waals surface area contributed by atoms with Crippen LogP contribution in [0.5, 0.6) is 0 Å². The maximum absolute atomic E-state index is 13.0. The van der Waals surface area contributed by atoms with Crippen LogP contribution in [0.3, 0.4) is 0 Å². The Balaban J connectivity index is 2.37. The van der Waals surface area contributed by atoms with E-state index < -0.39 is 45.2 Å². The zero-order chi connectivity index (χ0) is 15.1. The van der Waals surface area contributed by atoms with Crippen LogP contribution in [0.2, 0.25) is 0 Å². The van der Waals surface area contributed by atoms with Crippen molar-refractivity contribution in [1.29, 1.82) is 0 Å². The van der Waals surface area contributed by atoms with Crippen molar-refractivity contribution < 1.29 is 26.0 Å². The Kier molecular flexibility index (Phi) is 3.67. The van der Waals surface area contributed by atoms with Gasteiger partial charge in [-0.1, -0.05) is 0 Å². The van der Waals surface area contributed by atoms with Crippen molar-refractivity contribution in [2.75, 3.05) is 12.3 Å². The molecule has 1 fully saturated rings. The Morgan fingerprint density at radius 1 is 1.30 bits per heavy atom. The van der Waals surface area contributed by atoms with E-state index in [1.807, 2.05) is 0 Å². The molecule has 0 heterocycles. The third kappa shape index (κ3) is 3.21. The summed E-state index contributed by atoms with van der Waals surface area (Å²) in [7, 11) is -4.34. The Morgan fingerprint density at radius 2 is 1.90 bits per heavy atom. The minimum Gasteiger partial charge on any atom is -0.396 e. The average Bonchev–Trinajstić information content (AvgIpc) is 3.12. The van der Waals surface area contributed by atoms with Crippen LogP contribution in [0.1, 0.15) is 12.8 Å². The Hall–Kier alpha value is -1.35. The summed E-state index contributed by atoms with van der Waals surface area (Å²) < 4.78 is 75.3. The van der Waals surface area contributed by atoms with Crippen LogP contribution in [0.4, 0.5) is 23.2 Å². The lowest BCUT2D eigenvalue weighted by atomic mass is 10.3. The minimum absolute atomic E-state index is 0.381. The SMILES string of the molecule is Nc1cc(S(=O)(=O)N(CC(F)(F)F)C2CC2)ccc1F. The van der Waals surface area contributed by atoms with E-state index in [2.05, 4.69) is 0 Å². The van der Waals surface area contributed by atoms with Crippen LogP contribution in [-0.4, -0.2) is 31.5 Å². The number of sulfonamides is 1. The van der Waals surface area contributed by atoms with Gasteiger partial charge in [-0.2, -0.15) is 17.5 Å². The highest BCUT2D eigenvalue weighted by Crippen LogP contribution is 2.35. The Labute approximate surface area is 113 Å². The molecule has 1 aliphatic rings. The predicted octanol–water partition coefficient (Wildman–Crippen LogP) is 2.12. The van der Waals surface area contributed by atoms with E-state index >= 15 is 0 Å². The largest absolute Gasteiger partial charge is 0.402 e. The molecule has 0 unspecified atom stereocenters. The molecule has 9 heteroatoms. The molecular formula is C11H12F4N2O2S. The van der Waals surface area contributed by atoms with Crippen LogP contribution in [0.25, 0.3) is 0 Å². The Bertz CT molecular complexity index is 611. The topological polar surface area (TPSA) is 63.4 Å². The summed E-state index contributed by atoms with van der Waals surface area (Å²) in [6.07, 6.45) is -3.88. The molecule has 0 aromatic heterocycles. The van der Waals surface area contributed by atoms with Crippen molar-refractivity contribution in [3.63, 3.8) is 0 Å². The third-order valence-electron chi connectivity index (χ3n) is 2.86. The van der Waals surface area contributed by atoms with Gasteiger partial charge in [0.1, 0.15) is 12.4 Å². The molecule has 0 radical (unpaired) electrons. The summed E-state index contributed by atoms with van der Waals surface area (Å²) >= 11 is 0. The smallest absolute Gasteiger partial charge is 0.396 e. The number of nitrogens with zero attached hydrogens (tertiary/aromatic N) is 1. The fourth-order valence-electron chi connectivity index (χ4n) is 1.77. The van der Waals surface area contributed by atoms with Crippen molar-refractivity contribution >= 4 is 15.7 Å². The lowest BCUT2D eigenvalue weighted by Crippen LogP contribution is -2.40. The molecule has 2 N–H and O–H groups in total. The summed E-state index contributed by atoms with van der Waals surface area (Å²) in [5.74, 6) is -0.822. The van der Waals surface area contributed by atoms with Gasteiger partial charge in [-0.25, -0.2) is 12.8 Å². The van der Waals surface area contributed by atoms with Gasteiger partial charge in [0.25, 0.3) is 0 Å². The normalized spacial score (nSPS) is 16.6. The number of rotatable bonds is 4. The summed E-state index contributed by atoms with van der Waals surface area (Å²) in [6, 6.07) is 1.90. The number of hydrogen-bond acceptors (Lipinski definition) is 3. The quantitative estimate of drug-likeness (QED) is 0.684. The summed E-state index contributed by atoms with van der Waals surface area (Å²) in [5, 5.41) is 0. The average molecular weight is 312 g/mol. The highest BCUT2D eigenvalue weighted by atomic mass is 32.2. The second kappa shape index (κ2) is 4.88. The zero-order valence-corrected chi connectivity index (χ0v) is 11.0. The molecule has 0 spiro atoms. The molecule has 20 heavy (non-hydrogen) atoms. The number of halogens is 4. The molecule has 0 amide bonds. The second-order valence-corrected chi connectivity index (χ2v) is 6.47. The predicted molar refractivity (Wildman–Crippen MR) is 63.8 cm³/mol. The summed E-state index contributed by atoms with van der Waals surface area (Å²) in [6.45, 7) is -1.56. The number of anilines is 1. The van der Waals surface area contributed by atoms with Gasteiger partial charge >= 0.3 is 6.18 Å². The molecule has 0 aliphatic heterocycles. The summed E-state index contributed by atoms with van der Waals surface area (Å²) in [4.78, 5) is -0.437. The monoisotopic (exact) mass is 312 g/mol. The Morgan fingerprint density at radius 3 is 2.35 bits per heavy atom. The van der Waals surface area contributed by atoms with Crippen LogP contribution in [-0.2, 0) is 10.0 Å². The first-order chi connectivity index (χ1) is 9.11. The van der Waals surface area contributed by atoms with Crippen LogP contribution >= 0.6 is 0 Å². The molecule has 0 bridgehead atoms. The lowest BCUT2D eigenvalue weighted by molar-refractivity contribution is -0.137. The van der Waals surface area contributed by atoms with Gasteiger partial charge < -0.3 is 5.73 Å². The van der Waals surface area contributed by atoms with Gasteiger partial charge in [0.15, 0.2) is 0 Å². The van der Waals surface area contributed by atoms with Crippen molar-refractivity contribution in [2.45, 2.75) is 30.0 Å². The molecule has 1 saturated carbocycles. The van der Waals surface area contributed by atoms with E-state index in [0.29, 0.717) is 17.1 Å². The van der Waals surface area contributed by atoms with E-state index in [9.17, 15) is 26.0 Å². The van der Waals surface area contributed by atoms with E-state index in [-0.39, 0.29) is 0 Å². The van der Waals surface area contributed by atoms with E-state index in [0.717, 1.165) is 18.2 Å². The van der Waals surface area contributed by atoms with Gasteiger partial charge in [0.05, 0.1) is 10.6 Å². The third-order valence-corrected chi connectivity index (χ3v) is 4.76. The molecule has 1 aromatic rings. The first-order valence-corrected chi connectivity index (χ1v) is 7.19. The van der Waals surface area contributed by atoms with Gasteiger partial charge in [0, 0.05) is 6.04 Å². The number of alkyl halides is 3. The first kappa shape index (κ1) is 15.0. The molecule has 1 aromatic carbocycles. The van der Waals surface area contributed by atoms with Gasteiger partial charge in [-0.15, -0.1) is 0 Å². The fraction of sp³-hybridized carbons (Fsp3) is 0.455. The molecule has 0 saturated heterocycles. The van der Waals surface area contributed by atoms with Gasteiger partial charge in [0.2, 0.25) is 10.0 Å². The zero-order valence-electron chi connectivity index (χ0n) is 10.2. The maximum Gasteiger partial charge on any atom is 0.402 e. The van der Waals surface area contributed by atoms with Crippen molar-refractivity contribution in [3.8, 4) is 0 Å². The maximum atomic E-state index is 13.0. The van der Waals surface area contributed by atoms with Crippen molar-refractivity contribution in [2.24, 2.45) is 0 Å². The molecule has 1 aliphatic carbocycles. The lowest BCUT2D eigenvalue weighted by Gasteiger charge is -2.23. The second-order valence-electron chi connectivity index (χ2n) is 4.58. The highest BCUT2D eigenvalue weighted by molar-refractivity contribution is 7.89. The molecular weight excluding hydrogens is 300 g/mol. The van der Waals surface area contributed by atoms with Crippen LogP contribution in [0.15, 0.2) is 23.1 Å². The molecule has 0 atom stereocenters. The number of nitrogens with two attached hydrogens (primary N) is 1. The minimum atomic E-state index is -4.64. The van der Waals surface area contributed by atoms with Gasteiger partial charge in [-0.05, 0) is 31.0 Å². The van der Waals surface area contributed by atoms with E-state index in [4.69, 9.17) is 5.73 Å². The van der Waals surface area contributed by atoms with Crippen LogP contribution in [0, 0.1) is 5.82 Å². The molecule has 2 rings (SSSR count). The highest BCUT2D eigenvalue weighted by Gasteiger charge is 2.44. The number of benzene rings is 1. The van der Waals surface area contributed by atoms with Gasteiger partial charge in [-0.3, -0.25) is 0 Å². The van der Waals surface area contributed by atoms with Crippen molar-refractivity contribution in [1.82, 2.24) is 4.31 Å². The number of nitrogen functional groups attached to an aromatic ring is 1. The van der Waals surface area contributed by atoms with E-state index in [1.165, 1.54) is 0 Å². The molecule has 112 valence electrons. The fourth-order valence-corrected chi connectivity index (χ4v) is 3.47. The first-order valence-electron chi connectivity index (χ1n) is 5.75. The van der Waals surface area contributed by atoms with E-state index in [1.54, 1.807) is 0 Å². The summed E-state index contributed by atoms with van der Waals surface area (Å²) in [5.41, 5.74) is 4.83.